The van der Waals surface area contributed by atoms with E-state index in [4.69, 9.17) is 4.74 Å². The fourth-order valence-corrected chi connectivity index (χ4v) is 3.90. The van der Waals surface area contributed by atoms with Crippen molar-refractivity contribution in [1.82, 2.24) is 5.32 Å². The van der Waals surface area contributed by atoms with E-state index >= 15 is 0 Å². The summed E-state index contributed by atoms with van der Waals surface area (Å²) in [6.45, 7) is 10.1. The summed E-state index contributed by atoms with van der Waals surface area (Å²) in [6.07, 6.45) is 10.6. The SMILES string of the molecule is CC1(C)CC(OCCCCCCCCBr)CC(C)(C)N1. The third-order valence-electron chi connectivity index (χ3n) is 4.03. The molecule has 1 fully saturated rings. The number of rotatable bonds is 9. The monoisotopic (exact) mass is 347 g/mol. The minimum Gasteiger partial charge on any atom is -0.378 e. The molecule has 1 aliphatic rings. The summed E-state index contributed by atoms with van der Waals surface area (Å²) < 4.78 is 6.13. The maximum atomic E-state index is 6.13. The Hall–Kier alpha value is 0.400. The Kier molecular flexibility index (Phi) is 8.07. The molecular weight excluding hydrogens is 314 g/mol. The molecular formula is C17H34BrNO. The summed E-state index contributed by atoms with van der Waals surface area (Å²) in [7, 11) is 0. The zero-order valence-electron chi connectivity index (χ0n) is 13.9. The van der Waals surface area contributed by atoms with Crippen LogP contribution in [-0.4, -0.2) is 29.1 Å². The molecule has 1 rings (SSSR count). The van der Waals surface area contributed by atoms with E-state index in [1.54, 1.807) is 0 Å². The highest BCUT2D eigenvalue weighted by atomic mass is 79.9. The second-order valence-corrected chi connectivity index (χ2v) is 8.40. The van der Waals surface area contributed by atoms with E-state index in [1.165, 1.54) is 38.5 Å². The van der Waals surface area contributed by atoms with Crippen molar-refractivity contribution in [1.29, 1.82) is 0 Å². The lowest BCUT2D eigenvalue weighted by molar-refractivity contribution is -0.0228. The van der Waals surface area contributed by atoms with Crippen LogP contribution in [0.1, 0.15) is 79.1 Å². The fraction of sp³-hybridized carbons (Fsp3) is 1.00. The summed E-state index contributed by atoms with van der Waals surface area (Å²) >= 11 is 3.48. The number of unbranched alkanes of at least 4 members (excludes halogenated alkanes) is 5. The predicted octanol–water partition coefficient (Wildman–Crippen LogP) is 5.05. The Morgan fingerprint density at radius 2 is 1.40 bits per heavy atom. The Morgan fingerprint density at radius 1 is 0.900 bits per heavy atom. The standard InChI is InChI=1S/C17H34BrNO/c1-16(2)13-15(14-17(3,4)19-16)20-12-10-8-6-5-7-9-11-18/h15,19H,5-14H2,1-4H3. The maximum absolute atomic E-state index is 6.13. The van der Waals surface area contributed by atoms with Crippen LogP contribution >= 0.6 is 15.9 Å². The number of ether oxygens (including phenoxy) is 1. The Labute approximate surface area is 134 Å². The molecule has 0 aromatic heterocycles. The lowest BCUT2D eigenvalue weighted by Crippen LogP contribution is -2.59. The Morgan fingerprint density at radius 3 is 1.95 bits per heavy atom. The number of nitrogens with one attached hydrogen (secondary N) is 1. The molecule has 2 nitrogen and oxygen atoms in total. The molecule has 20 heavy (non-hydrogen) atoms. The van der Waals surface area contributed by atoms with Crippen molar-refractivity contribution in [2.24, 2.45) is 0 Å². The lowest BCUT2D eigenvalue weighted by Gasteiger charge is -2.46. The van der Waals surface area contributed by atoms with E-state index in [0.717, 1.165) is 24.8 Å². The highest BCUT2D eigenvalue weighted by Gasteiger charge is 2.37. The molecule has 1 N–H and O–H groups in total. The molecule has 0 spiro atoms. The van der Waals surface area contributed by atoms with Crippen molar-refractivity contribution in [2.45, 2.75) is 96.2 Å². The summed E-state index contributed by atoms with van der Waals surface area (Å²) in [4.78, 5) is 0. The first-order valence-corrected chi connectivity index (χ1v) is 9.44. The molecule has 0 aromatic carbocycles. The van der Waals surface area contributed by atoms with Crippen LogP contribution in [0.5, 0.6) is 0 Å². The van der Waals surface area contributed by atoms with Crippen LogP contribution in [0.2, 0.25) is 0 Å². The van der Waals surface area contributed by atoms with E-state index < -0.39 is 0 Å². The van der Waals surface area contributed by atoms with Crippen molar-refractivity contribution >= 4 is 15.9 Å². The molecule has 0 unspecified atom stereocenters. The molecule has 0 aliphatic carbocycles. The molecule has 1 saturated heterocycles. The van der Waals surface area contributed by atoms with Crippen LogP contribution < -0.4 is 5.32 Å². The van der Waals surface area contributed by atoms with Gasteiger partial charge < -0.3 is 10.1 Å². The average molecular weight is 348 g/mol. The average Bonchev–Trinajstić information content (AvgIpc) is 2.28. The first-order valence-electron chi connectivity index (χ1n) is 8.32. The Balaban J connectivity index is 2.09. The van der Waals surface area contributed by atoms with Gasteiger partial charge in [0, 0.05) is 23.0 Å². The zero-order valence-corrected chi connectivity index (χ0v) is 15.5. The van der Waals surface area contributed by atoms with E-state index in [9.17, 15) is 0 Å². The number of hydrogen-bond donors (Lipinski definition) is 1. The van der Waals surface area contributed by atoms with Gasteiger partial charge in [-0.15, -0.1) is 0 Å². The number of piperidine rings is 1. The quantitative estimate of drug-likeness (QED) is 0.465. The second-order valence-electron chi connectivity index (χ2n) is 7.60. The highest BCUT2D eigenvalue weighted by Crippen LogP contribution is 2.30. The first-order chi connectivity index (χ1) is 9.35. The maximum Gasteiger partial charge on any atom is 0.0609 e. The van der Waals surface area contributed by atoms with Gasteiger partial charge in [0.25, 0.3) is 0 Å². The second kappa shape index (κ2) is 8.75. The third-order valence-corrected chi connectivity index (χ3v) is 4.59. The van der Waals surface area contributed by atoms with E-state index in [2.05, 4.69) is 48.9 Å². The van der Waals surface area contributed by atoms with Crippen LogP contribution in [0.3, 0.4) is 0 Å². The highest BCUT2D eigenvalue weighted by molar-refractivity contribution is 9.09. The van der Waals surface area contributed by atoms with Gasteiger partial charge in [-0.1, -0.05) is 41.6 Å². The van der Waals surface area contributed by atoms with Gasteiger partial charge in [-0.2, -0.15) is 0 Å². The van der Waals surface area contributed by atoms with Crippen LogP contribution in [0.15, 0.2) is 0 Å². The van der Waals surface area contributed by atoms with Gasteiger partial charge in [-0.05, 0) is 53.4 Å². The molecule has 0 amide bonds. The van der Waals surface area contributed by atoms with Crippen molar-refractivity contribution in [3.8, 4) is 0 Å². The van der Waals surface area contributed by atoms with E-state index in [1.807, 2.05) is 0 Å². The number of alkyl halides is 1. The van der Waals surface area contributed by atoms with Gasteiger partial charge in [-0.3, -0.25) is 0 Å². The van der Waals surface area contributed by atoms with E-state index in [0.29, 0.717) is 6.10 Å². The van der Waals surface area contributed by atoms with Gasteiger partial charge in [0.1, 0.15) is 0 Å². The van der Waals surface area contributed by atoms with Gasteiger partial charge >= 0.3 is 0 Å². The minimum absolute atomic E-state index is 0.197. The molecule has 0 bridgehead atoms. The van der Waals surface area contributed by atoms with Gasteiger partial charge in [0.2, 0.25) is 0 Å². The van der Waals surface area contributed by atoms with E-state index in [-0.39, 0.29) is 11.1 Å². The van der Waals surface area contributed by atoms with Gasteiger partial charge in [0.05, 0.1) is 6.10 Å². The van der Waals surface area contributed by atoms with Gasteiger partial charge in [-0.25, -0.2) is 0 Å². The summed E-state index contributed by atoms with van der Waals surface area (Å²) in [6, 6.07) is 0. The third kappa shape index (κ3) is 7.99. The van der Waals surface area contributed by atoms with Crippen LogP contribution in [0.4, 0.5) is 0 Å². The van der Waals surface area contributed by atoms with Crippen LogP contribution in [-0.2, 0) is 4.74 Å². The van der Waals surface area contributed by atoms with Crippen molar-refractivity contribution in [3.63, 3.8) is 0 Å². The zero-order chi connectivity index (χ0) is 15.1. The summed E-state index contributed by atoms with van der Waals surface area (Å²) in [5.74, 6) is 0. The molecule has 0 aromatic rings. The minimum atomic E-state index is 0.197. The summed E-state index contributed by atoms with van der Waals surface area (Å²) in [5.41, 5.74) is 0.393. The largest absolute Gasteiger partial charge is 0.378 e. The molecule has 1 heterocycles. The molecule has 120 valence electrons. The smallest absolute Gasteiger partial charge is 0.0609 e. The van der Waals surface area contributed by atoms with Crippen LogP contribution in [0, 0.1) is 0 Å². The predicted molar refractivity (Wildman–Crippen MR) is 91.8 cm³/mol. The van der Waals surface area contributed by atoms with Gasteiger partial charge in [0.15, 0.2) is 0 Å². The molecule has 1 aliphatic heterocycles. The van der Waals surface area contributed by atoms with Crippen molar-refractivity contribution < 1.29 is 4.74 Å². The number of hydrogen-bond acceptors (Lipinski definition) is 2. The number of halogens is 1. The lowest BCUT2D eigenvalue weighted by atomic mass is 9.81. The Bertz CT molecular complexity index is 250. The molecule has 0 atom stereocenters. The first kappa shape index (κ1) is 18.4. The molecule has 0 saturated carbocycles. The normalized spacial score (nSPS) is 22.1. The topological polar surface area (TPSA) is 21.3 Å². The molecule has 3 heteroatoms. The van der Waals surface area contributed by atoms with Crippen molar-refractivity contribution in [3.05, 3.63) is 0 Å². The molecule has 0 radical (unpaired) electrons. The fourth-order valence-electron chi connectivity index (χ4n) is 3.50. The van der Waals surface area contributed by atoms with Crippen molar-refractivity contribution in [2.75, 3.05) is 11.9 Å². The summed E-state index contributed by atoms with van der Waals surface area (Å²) in [5, 5.41) is 4.86. The van der Waals surface area contributed by atoms with Crippen LogP contribution in [0.25, 0.3) is 0 Å².